The highest BCUT2D eigenvalue weighted by Gasteiger charge is 2.34. The van der Waals surface area contributed by atoms with Crippen LogP contribution < -0.4 is 5.32 Å². The van der Waals surface area contributed by atoms with Crippen LogP contribution in [0.25, 0.3) is 0 Å². The minimum absolute atomic E-state index is 0.0354. The Morgan fingerprint density at radius 1 is 0.903 bits per heavy atom. The summed E-state index contributed by atoms with van der Waals surface area (Å²) in [6, 6.07) is 16.0. The maximum atomic E-state index is 12.7. The number of carbonyl (C=O) groups excluding carboxylic acids is 2. The van der Waals surface area contributed by atoms with Crippen LogP contribution in [0.5, 0.6) is 0 Å². The summed E-state index contributed by atoms with van der Waals surface area (Å²) in [7, 11) is 0. The normalized spacial score (nSPS) is 19.0. The first kappa shape index (κ1) is 21.5. The smallest absolute Gasteiger partial charge is 0.272 e. The number of hydrogen-bond acceptors (Lipinski definition) is 4. The highest BCUT2D eigenvalue weighted by atomic mass is 16.2. The van der Waals surface area contributed by atoms with E-state index in [0.29, 0.717) is 45.0 Å². The van der Waals surface area contributed by atoms with E-state index in [1.807, 2.05) is 17.0 Å². The minimum atomic E-state index is -0.0354. The molecule has 0 unspecified atom stereocenters. The van der Waals surface area contributed by atoms with Gasteiger partial charge in [-0.2, -0.15) is 0 Å². The van der Waals surface area contributed by atoms with Crippen LogP contribution in [0.3, 0.4) is 0 Å². The summed E-state index contributed by atoms with van der Waals surface area (Å²) in [5, 5.41) is 3.23. The van der Waals surface area contributed by atoms with Gasteiger partial charge in [-0.05, 0) is 30.5 Å². The molecule has 164 valence electrons. The molecule has 2 aliphatic rings. The van der Waals surface area contributed by atoms with Gasteiger partial charge in [-0.15, -0.1) is 0 Å². The second kappa shape index (κ2) is 10.1. The molecule has 0 bridgehead atoms. The lowest BCUT2D eigenvalue weighted by Crippen LogP contribution is -2.52. The first-order valence-electron chi connectivity index (χ1n) is 11.4. The average Bonchev–Trinajstić information content (AvgIpc) is 2.84. The predicted octanol–water partition coefficient (Wildman–Crippen LogP) is 2.86. The molecule has 4 rings (SSSR count). The van der Waals surface area contributed by atoms with Crippen molar-refractivity contribution in [2.75, 3.05) is 39.3 Å². The second-order valence-electron chi connectivity index (χ2n) is 8.77. The first-order valence-corrected chi connectivity index (χ1v) is 11.4. The van der Waals surface area contributed by atoms with E-state index in [4.69, 9.17) is 0 Å². The van der Waals surface area contributed by atoms with Gasteiger partial charge in [0, 0.05) is 44.3 Å². The van der Waals surface area contributed by atoms with Crippen molar-refractivity contribution in [3.63, 3.8) is 0 Å². The largest absolute Gasteiger partial charge is 0.354 e. The quantitative estimate of drug-likeness (QED) is 0.781. The Labute approximate surface area is 184 Å². The fraction of sp³-hybridized carbons (Fsp3) is 0.480. The number of nitrogens with one attached hydrogen (secondary N) is 1. The SMILES string of the molecule is O=C(CN1CCN(C(=O)c2ccccn2)CC1)NCC1(c2ccccc2)CCCCC1. The molecule has 31 heavy (non-hydrogen) atoms. The lowest BCUT2D eigenvalue weighted by Gasteiger charge is -2.38. The van der Waals surface area contributed by atoms with E-state index < -0.39 is 0 Å². The standard InChI is InChI=1S/C25H32N4O2/c30-23(27-20-25(12-6-2-7-13-25)21-9-3-1-4-10-21)19-28-15-17-29(18-16-28)24(31)22-11-5-8-14-26-22/h1,3-5,8-11,14H,2,6-7,12-13,15-20H2,(H,27,30). The summed E-state index contributed by atoms with van der Waals surface area (Å²) < 4.78 is 0. The summed E-state index contributed by atoms with van der Waals surface area (Å²) >= 11 is 0. The molecule has 1 saturated heterocycles. The molecule has 1 aliphatic heterocycles. The van der Waals surface area contributed by atoms with Gasteiger partial charge in [-0.1, -0.05) is 55.7 Å². The molecule has 0 atom stereocenters. The van der Waals surface area contributed by atoms with E-state index in [1.54, 1.807) is 12.3 Å². The number of nitrogens with zero attached hydrogens (tertiary/aromatic N) is 3. The third-order valence-electron chi connectivity index (χ3n) is 6.73. The molecular weight excluding hydrogens is 388 g/mol. The number of hydrogen-bond donors (Lipinski definition) is 1. The van der Waals surface area contributed by atoms with Crippen molar-refractivity contribution in [1.29, 1.82) is 0 Å². The fourth-order valence-electron chi connectivity index (χ4n) is 4.87. The molecule has 6 nitrogen and oxygen atoms in total. The van der Waals surface area contributed by atoms with Gasteiger partial charge in [0.2, 0.25) is 5.91 Å². The number of piperazine rings is 1. The molecule has 2 heterocycles. The van der Waals surface area contributed by atoms with Gasteiger partial charge in [-0.25, -0.2) is 0 Å². The van der Waals surface area contributed by atoms with E-state index in [-0.39, 0.29) is 17.2 Å². The molecule has 2 fully saturated rings. The van der Waals surface area contributed by atoms with Gasteiger partial charge in [0.1, 0.15) is 5.69 Å². The Hall–Kier alpha value is -2.73. The third kappa shape index (κ3) is 5.31. The van der Waals surface area contributed by atoms with Crippen LogP contribution >= 0.6 is 0 Å². The maximum absolute atomic E-state index is 12.7. The van der Waals surface area contributed by atoms with Crippen molar-refractivity contribution in [2.24, 2.45) is 0 Å². The van der Waals surface area contributed by atoms with Crippen LogP contribution in [-0.4, -0.2) is 65.9 Å². The molecule has 0 radical (unpaired) electrons. The van der Waals surface area contributed by atoms with Crippen LogP contribution in [0.1, 0.15) is 48.2 Å². The Balaban J connectivity index is 1.27. The first-order chi connectivity index (χ1) is 15.2. The molecule has 1 aliphatic carbocycles. The van der Waals surface area contributed by atoms with Crippen LogP contribution in [-0.2, 0) is 10.2 Å². The Kier molecular flexibility index (Phi) is 6.97. The lowest BCUT2D eigenvalue weighted by molar-refractivity contribution is -0.122. The van der Waals surface area contributed by atoms with Gasteiger partial charge in [0.25, 0.3) is 5.91 Å². The summed E-state index contributed by atoms with van der Waals surface area (Å²) in [5.74, 6) is 0.0391. The molecule has 1 N–H and O–H groups in total. The van der Waals surface area contributed by atoms with Crippen molar-refractivity contribution in [2.45, 2.75) is 37.5 Å². The molecule has 1 saturated carbocycles. The highest BCUT2D eigenvalue weighted by molar-refractivity contribution is 5.92. The molecule has 6 heteroatoms. The highest BCUT2D eigenvalue weighted by Crippen LogP contribution is 2.38. The van der Waals surface area contributed by atoms with Crippen LogP contribution in [0.4, 0.5) is 0 Å². The number of pyridine rings is 1. The van der Waals surface area contributed by atoms with E-state index in [9.17, 15) is 9.59 Å². The molecule has 2 aromatic rings. The molecular formula is C25H32N4O2. The summed E-state index contributed by atoms with van der Waals surface area (Å²) in [4.78, 5) is 33.4. The molecule has 0 spiro atoms. The van der Waals surface area contributed by atoms with Crippen LogP contribution in [0.15, 0.2) is 54.7 Å². The lowest BCUT2D eigenvalue weighted by atomic mass is 9.69. The summed E-state index contributed by atoms with van der Waals surface area (Å²) in [6.07, 6.45) is 7.62. The van der Waals surface area contributed by atoms with Crippen molar-refractivity contribution in [3.8, 4) is 0 Å². The van der Waals surface area contributed by atoms with E-state index >= 15 is 0 Å². The zero-order valence-electron chi connectivity index (χ0n) is 18.1. The van der Waals surface area contributed by atoms with Crippen LogP contribution in [0.2, 0.25) is 0 Å². The van der Waals surface area contributed by atoms with Gasteiger partial charge < -0.3 is 10.2 Å². The number of amides is 2. The second-order valence-corrected chi connectivity index (χ2v) is 8.77. The Bertz CT molecular complexity index is 858. The monoisotopic (exact) mass is 420 g/mol. The van der Waals surface area contributed by atoms with Gasteiger partial charge in [-0.3, -0.25) is 19.5 Å². The zero-order chi connectivity index (χ0) is 21.5. The van der Waals surface area contributed by atoms with E-state index in [0.717, 1.165) is 12.8 Å². The topological polar surface area (TPSA) is 65.5 Å². The third-order valence-corrected chi connectivity index (χ3v) is 6.73. The van der Waals surface area contributed by atoms with Gasteiger partial charge in [0.15, 0.2) is 0 Å². The summed E-state index contributed by atoms with van der Waals surface area (Å²) in [6.45, 7) is 3.74. The van der Waals surface area contributed by atoms with Crippen LogP contribution in [0, 0.1) is 0 Å². The summed E-state index contributed by atoms with van der Waals surface area (Å²) in [5.41, 5.74) is 1.88. The Morgan fingerprint density at radius 2 is 1.61 bits per heavy atom. The average molecular weight is 421 g/mol. The minimum Gasteiger partial charge on any atom is -0.354 e. The number of rotatable bonds is 6. The van der Waals surface area contributed by atoms with Crippen molar-refractivity contribution in [3.05, 3.63) is 66.0 Å². The van der Waals surface area contributed by atoms with Crippen molar-refractivity contribution >= 4 is 11.8 Å². The Morgan fingerprint density at radius 3 is 2.29 bits per heavy atom. The van der Waals surface area contributed by atoms with Gasteiger partial charge in [0.05, 0.1) is 6.54 Å². The molecule has 1 aromatic carbocycles. The fourth-order valence-corrected chi connectivity index (χ4v) is 4.87. The van der Waals surface area contributed by atoms with Crippen molar-refractivity contribution < 1.29 is 9.59 Å². The van der Waals surface area contributed by atoms with Crippen molar-refractivity contribution in [1.82, 2.24) is 20.1 Å². The predicted molar refractivity (Wildman–Crippen MR) is 121 cm³/mol. The molecule has 2 amide bonds. The zero-order valence-corrected chi connectivity index (χ0v) is 18.1. The molecule has 1 aromatic heterocycles. The van der Waals surface area contributed by atoms with E-state index in [1.165, 1.54) is 24.8 Å². The van der Waals surface area contributed by atoms with Gasteiger partial charge >= 0.3 is 0 Å². The number of aromatic nitrogens is 1. The number of benzene rings is 1. The number of carbonyl (C=O) groups is 2. The van der Waals surface area contributed by atoms with E-state index in [2.05, 4.69) is 45.5 Å². The maximum Gasteiger partial charge on any atom is 0.272 e.